The Hall–Kier alpha value is -1.94. The van der Waals surface area contributed by atoms with E-state index in [-0.39, 0.29) is 11.9 Å². The van der Waals surface area contributed by atoms with Crippen LogP contribution in [0.2, 0.25) is 0 Å². The summed E-state index contributed by atoms with van der Waals surface area (Å²) in [6.45, 7) is 3.59. The van der Waals surface area contributed by atoms with E-state index in [2.05, 4.69) is 4.98 Å². The summed E-state index contributed by atoms with van der Waals surface area (Å²) in [5.74, 6) is 0.557. The van der Waals surface area contributed by atoms with Gasteiger partial charge in [0.1, 0.15) is 11.6 Å². The van der Waals surface area contributed by atoms with E-state index in [9.17, 15) is 4.39 Å². The zero-order chi connectivity index (χ0) is 13.1. The third-order valence-corrected chi connectivity index (χ3v) is 2.65. The van der Waals surface area contributed by atoms with Gasteiger partial charge >= 0.3 is 0 Å². The third kappa shape index (κ3) is 2.84. The maximum atomic E-state index is 13.3. The van der Waals surface area contributed by atoms with Crippen LogP contribution in [0.5, 0.6) is 11.6 Å². The SMILES string of the molecule is Cc1ccc(Oc2ccc([C@H](C)N)cn2)cc1F. The normalized spacial score (nSPS) is 12.2. The lowest BCUT2D eigenvalue weighted by Gasteiger charge is -2.08. The van der Waals surface area contributed by atoms with Crippen LogP contribution in [-0.2, 0) is 0 Å². The highest BCUT2D eigenvalue weighted by Gasteiger charge is 2.04. The van der Waals surface area contributed by atoms with Gasteiger partial charge in [0, 0.05) is 24.4 Å². The van der Waals surface area contributed by atoms with E-state index in [1.807, 2.05) is 13.0 Å². The molecular weight excluding hydrogens is 231 g/mol. The molecule has 0 unspecified atom stereocenters. The van der Waals surface area contributed by atoms with Gasteiger partial charge in [-0.1, -0.05) is 12.1 Å². The summed E-state index contributed by atoms with van der Waals surface area (Å²) in [6, 6.07) is 8.22. The molecule has 94 valence electrons. The first-order valence-electron chi connectivity index (χ1n) is 5.72. The smallest absolute Gasteiger partial charge is 0.219 e. The van der Waals surface area contributed by atoms with Crippen molar-refractivity contribution in [1.29, 1.82) is 0 Å². The number of benzene rings is 1. The van der Waals surface area contributed by atoms with Crippen LogP contribution >= 0.6 is 0 Å². The van der Waals surface area contributed by atoms with Crippen LogP contribution in [0, 0.1) is 12.7 Å². The van der Waals surface area contributed by atoms with E-state index < -0.39 is 0 Å². The quantitative estimate of drug-likeness (QED) is 0.903. The molecule has 0 aliphatic rings. The molecule has 1 aromatic carbocycles. The van der Waals surface area contributed by atoms with E-state index in [1.165, 1.54) is 6.07 Å². The highest BCUT2D eigenvalue weighted by molar-refractivity contribution is 5.31. The number of ether oxygens (including phenoxy) is 1. The average molecular weight is 246 g/mol. The number of nitrogens with two attached hydrogens (primary N) is 1. The van der Waals surface area contributed by atoms with Gasteiger partial charge in [0.05, 0.1) is 0 Å². The Bertz CT molecular complexity index is 538. The molecule has 2 rings (SSSR count). The van der Waals surface area contributed by atoms with Crippen molar-refractivity contribution in [3.05, 3.63) is 53.5 Å². The molecule has 1 atom stereocenters. The number of aromatic nitrogens is 1. The fraction of sp³-hybridized carbons (Fsp3) is 0.214. The first-order valence-corrected chi connectivity index (χ1v) is 5.72. The van der Waals surface area contributed by atoms with Gasteiger partial charge in [-0.15, -0.1) is 0 Å². The summed E-state index contributed by atoms with van der Waals surface area (Å²) in [7, 11) is 0. The van der Waals surface area contributed by atoms with Crippen molar-refractivity contribution in [1.82, 2.24) is 4.98 Å². The second-order valence-electron chi connectivity index (χ2n) is 4.23. The fourth-order valence-electron chi connectivity index (χ4n) is 1.48. The number of nitrogens with zero attached hydrogens (tertiary/aromatic N) is 1. The first-order chi connectivity index (χ1) is 8.56. The predicted octanol–water partition coefficient (Wildman–Crippen LogP) is 3.34. The molecule has 0 saturated carbocycles. The van der Waals surface area contributed by atoms with Crippen LogP contribution in [-0.4, -0.2) is 4.98 Å². The molecule has 3 nitrogen and oxygen atoms in total. The van der Waals surface area contributed by atoms with Crippen molar-refractivity contribution in [3.8, 4) is 11.6 Å². The Labute approximate surface area is 105 Å². The molecule has 2 N–H and O–H groups in total. The van der Waals surface area contributed by atoms with Crippen LogP contribution in [0.4, 0.5) is 4.39 Å². The van der Waals surface area contributed by atoms with Crippen molar-refractivity contribution in [3.63, 3.8) is 0 Å². The Balaban J connectivity index is 2.15. The number of halogens is 1. The minimum atomic E-state index is -0.292. The van der Waals surface area contributed by atoms with Crippen LogP contribution in [0.3, 0.4) is 0 Å². The molecule has 2 aromatic rings. The van der Waals surface area contributed by atoms with Crippen LogP contribution in [0.1, 0.15) is 24.1 Å². The predicted molar refractivity (Wildman–Crippen MR) is 68.1 cm³/mol. The molecular formula is C14H15FN2O. The van der Waals surface area contributed by atoms with Gasteiger partial charge < -0.3 is 10.5 Å². The highest BCUT2D eigenvalue weighted by Crippen LogP contribution is 2.22. The first kappa shape index (κ1) is 12.5. The molecule has 0 bridgehead atoms. The van der Waals surface area contributed by atoms with Gasteiger partial charge in [-0.3, -0.25) is 0 Å². The standard InChI is InChI=1S/C14H15FN2O/c1-9-3-5-12(7-13(9)15)18-14-6-4-11(8-17-14)10(2)16/h3-8,10H,16H2,1-2H3/t10-/m0/s1. The molecule has 0 saturated heterocycles. The van der Waals surface area contributed by atoms with E-state index in [0.717, 1.165) is 5.56 Å². The number of pyridine rings is 1. The summed E-state index contributed by atoms with van der Waals surface area (Å²) in [5.41, 5.74) is 7.24. The monoisotopic (exact) mass is 246 g/mol. The highest BCUT2D eigenvalue weighted by atomic mass is 19.1. The van der Waals surface area contributed by atoms with Crippen LogP contribution < -0.4 is 10.5 Å². The molecule has 0 aliphatic heterocycles. The van der Waals surface area contributed by atoms with E-state index in [0.29, 0.717) is 17.2 Å². The molecule has 0 aliphatic carbocycles. The Morgan fingerprint density at radius 1 is 1.28 bits per heavy atom. The van der Waals surface area contributed by atoms with Crippen molar-refractivity contribution >= 4 is 0 Å². The topological polar surface area (TPSA) is 48.1 Å². The number of hydrogen-bond donors (Lipinski definition) is 1. The van der Waals surface area contributed by atoms with Gasteiger partial charge in [0.15, 0.2) is 0 Å². The third-order valence-electron chi connectivity index (χ3n) is 2.65. The summed E-state index contributed by atoms with van der Waals surface area (Å²) in [6.07, 6.45) is 1.66. The number of hydrogen-bond acceptors (Lipinski definition) is 3. The summed E-state index contributed by atoms with van der Waals surface area (Å²) < 4.78 is 18.8. The number of aryl methyl sites for hydroxylation is 1. The summed E-state index contributed by atoms with van der Waals surface area (Å²) in [4.78, 5) is 4.12. The second kappa shape index (κ2) is 5.14. The zero-order valence-electron chi connectivity index (χ0n) is 10.4. The largest absolute Gasteiger partial charge is 0.439 e. The zero-order valence-corrected chi connectivity index (χ0v) is 10.4. The Kier molecular flexibility index (Phi) is 3.58. The molecule has 1 aromatic heterocycles. The number of rotatable bonds is 3. The van der Waals surface area contributed by atoms with Gasteiger partial charge in [0.2, 0.25) is 5.88 Å². The maximum absolute atomic E-state index is 13.3. The molecule has 0 fully saturated rings. The minimum absolute atomic E-state index is 0.0663. The van der Waals surface area contributed by atoms with E-state index in [4.69, 9.17) is 10.5 Å². The average Bonchev–Trinajstić information content (AvgIpc) is 2.34. The molecule has 0 amide bonds. The van der Waals surface area contributed by atoms with Crippen molar-refractivity contribution in [2.24, 2.45) is 5.73 Å². The molecule has 0 radical (unpaired) electrons. The van der Waals surface area contributed by atoms with Crippen molar-refractivity contribution in [2.75, 3.05) is 0 Å². The molecule has 0 spiro atoms. The fourth-order valence-corrected chi connectivity index (χ4v) is 1.48. The maximum Gasteiger partial charge on any atom is 0.219 e. The van der Waals surface area contributed by atoms with Gasteiger partial charge in [0.25, 0.3) is 0 Å². The molecule has 4 heteroatoms. The van der Waals surface area contributed by atoms with E-state index >= 15 is 0 Å². The summed E-state index contributed by atoms with van der Waals surface area (Å²) in [5, 5.41) is 0. The molecule has 18 heavy (non-hydrogen) atoms. The summed E-state index contributed by atoms with van der Waals surface area (Å²) >= 11 is 0. The van der Waals surface area contributed by atoms with Crippen LogP contribution in [0.15, 0.2) is 36.5 Å². The Morgan fingerprint density at radius 3 is 2.61 bits per heavy atom. The Morgan fingerprint density at radius 2 is 2.06 bits per heavy atom. The van der Waals surface area contributed by atoms with Gasteiger partial charge in [-0.2, -0.15) is 0 Å². The second-order valence-corrected chi connectivity index (χ2v) is 4.23. The molecule has 1 heterocycles. The van der Waals surface area contributed by atoms with Gasteiger partial charge in [-0.05, 0) is 31.0 Å². The van der Waals surface area contributed by atoms with Crippen molar-refractivity contribution < 1.29 is 9.13 Å². The van der Waals surface area contributed by atoms with Gasteiger partial charge in [-0.25, -0.2) is 9.37 Å². The van der Waals surface area contributed by atoms with Crippen molar-refractivity contribution in [2.45, 2.75) is 19.9 Å². The lowest BCUT2D eigenvalue weighted by molar-refractivity contribution is 0.457. The lowest BCUT2D eigenvalue weighted by Crippen LogP contribution is -2.05. The van der Waals surface area contributed by atoms with E-state index in [1.54, 1.807) is 31.3 Å². The van der Waals surface area contributed by atoms with Crippen LogP contribution in [0.25, 0.3) is 0 Å². The lowest BCUT2D eigenvalue weighted by atomic mass is 10.2. The minimum Gasteiger partial charge on any atom is -0.439 e.